The molecule has 0 spiro atoms. The summed E-state index contributed by atoms with van der Waals surface area (Å²) in [5, 5.41) is 2.82. The first-order valence-corrected chi connectivity index (χ1v) is 7.15. The van der Waals surface area contributed by atoms with Gasteiger partial charge in [0.25, 0.3) is 5.91 Å². The lowest BCUT2D eigenvalue weighted by Crippen LogP contribution is -2.20. The molecule has 6 heteroatoms. The van der Waals surface area contributed by atoms with Crippen LogP contribution in [0.15, 0.2) is 41.1 Å². The van der Waals surface area contributed by atoms with E-state index in [1.165, 1.54) is 6.20 Å². The normalized spacial score (nSPS) is 13.2. The van der Waals surface area contributed by atoms with Crippen molar-refractivity contribution in [1.82, 2.24) is 4.98 Å². The average Bonchev–Trinajstić information content (AvgIpc) is 2.73. The second-order valence-electron chi connectivity index (χ2n) is 4.82. The van der Waals surface area contributed by atoms with Crippen molar-refractivity contribution in [3.8, 4) is 0 Å². The standard InChI is InChI=1S/C15H12BrN3O2/c1-19-13-3-2-12(5-9(13)6-14(19)20)18-15(21)10-4-11(16)8-17-7-10/h2-5,7-8H,6H2,1H3,(H,18,21). The topological polar surface area (TPSA) is 62.3 Å². The Morgan fingerprint density at radius 1 is 1.33 bits per heavy atom. The van der Waals surface area contributed by atoms with Gasteiger partial charge >= 0.3 is 0 Å². The third kappa shape index (κ3) is 2.67. The number of halogens is 1. The van der Waals surface area contributed by atoms with Crippen molar-refractivity contribution in [3.63, 3.8) is 0 Å². The molecule has 0 unspecified atom stereocenters. The van der Waals surface area contributed by atoms with Crippen LogP contribution in [0.3, 0.4) is 0 Å². The van der Waals surface area contributed by atoms with E-state index in [2.05, 4.69) is 26.2 Å². The highest BCUT2D eigenvalue weighted by atomic mass is 79.9. The maximum absolute atomic E-state index is 12.1. The van der Waals surface area contributed by atoms with Crippen molar-refractivity contribution < 1.29 is 9.59 Å². The van der Waals surface area contributed by atoms with E-state index in [0.717, 1.165) is 15.7 Å². The fourth-order valence-corrected chi connectivity index (χ4v) is 2.65. The first-order valence-electron chi connectivity index (χ1n) is 6.36. The molecule has 1 aromatic heterocycles. The zero-order valence-electron chi connectivity index (χ0n) is 11.3. The van der Waals surface area contributed by atoms with E-state index in [1.807, 2.05) is 12.1 Å². The average molecular weight is 346 g/mol. The Labute approximate surface area is 130 Å². The summed E-state index contributed by atoms with van der Waals surface area (Å²) >= 11 is 3.28. The number of nitrogens with zero attached hydrogens (tertiary/aromatic N) is 2. The summed E-state index contributed by atoms with van der Waals surface area (Å²) in [4.78, 5) is 29.4. The van der Waals surface area contributed by atoms with E-state index in [0.29, 0.717) is 17.7 Å². The molecule has 0 aliphatic carbocycles. The molecule has 1 N–H and O–H groups in total. The van der Waals surface area contributed by atoms with Gasteiger partial charge < -0.3 is 10.2 Å². The molecule has 2 heterocycles. The summed E-state index contributed by atoms with van der Waals surface area (Å²) in [5.41, 5.74) is 2.95. The summed E-state index contributed by atoms with van der Waals surface area (Å²) in [6.45, 7) is 0. The molecular formula is C15H12BrN3O2. The van der Waals surface area contributed by atoms with Gasteiger partial charge in [-0.3, -0.25) is 14.6 Å². The number of amides is 2. The minimum atomic E-state index is -0.235. The SMILES string of the molecule is CN1C(=O)Cc2cc(NC(=O)c3cncc(Br)c3)ccc21. The Bertz CT molecular complexity index is 745. The molecule has 0 bridgehead atoms. The van der Waals surface area contributed by atoms with Crippen LogP contribution in [0, 0.1) is 0 Å². The van der Waals surface area contributed by atoms with Crippen molar-refractivity contribution in [3.05, 3.63) is 52.3 Å². The number of rotatable bonds is 2. The molecule has 1 aliphatic rings. The van der Waals surface area contributed by atoms with Gasteiger partial charge in [-0.25, -0.2) is 0 Å². The zero-order chi connectivity index (χ0) is 15.0. The number of fused-ring (bicyclic) bond motifs is 1. The van der Waals surface area contributed by atoms with Crippen molar-refractivity contribution in [2.75, 3.05) is 17.3 Å². The number of anilines is 2. The molecule has 1 aromatic carbocycles. The largest absolute Gasteiger partial charge is 0.322 e. The van der Waals surface area contributed by atoms with Crippen LogP contribution in [-0.4, -0.2) is 23.8 Å². The maximum atomic E-state index is 12.1. The van der Waals surface area contributed by atoms with Crippen molar-refractivity contribution >= 4 is 39.1 Å². The zero-order valence-corrected chi connectivity index (χ0v) is 12.8. The van der Waals surface area contributed by atoms with Crippen LogP contribution in [0.25, 0.3) is 0 Å². The van der Waals surface area contributed by atoms with Crippen LogP contribution >= 0.6 is 15.9 Å². The quantitative estimate of drug-likeness (QED) is 0.909. The van der Waals surface area contributed by atoms with Crippen molar-refractivity contribution in [2.24, 2.45) is 0 Å². The second-order valence-corrected chi connectivity index (χ2v) is 5.73. The Morgan fingerprint density at radius 2 is 2.14 bits per heavy atom. The molecule has 21 heavy (non-hydrogen) atoms. The molecule has 0 saturated carbocycles. The number of aromatic nitrogens is 1. The fraction of sp³-hybridized carbons (Fsp3) is 0.133. The van der Waals surface area contributed by atoms with Crippen LogP contribution in [0.4, 0.5) is 11.4 Å². The second kappa shape index (κ2) is 5.29. The van der Waals surface area contributed by atoms with Gasteiger partial charge in [-0.15, -0.1) is 0 Å². The van der Waals surface area contributed by atoms with Gasteiger partial charge in [0.2, 0.25) is 5.91 Å². The molecule has 0 radical (unpaired) electrons. The van der Waals surface area contributed by atoms with Crippen LogP contribution in [0.1, 0.15) is 15.9 Å². The molecule has 106 valence electrons. The van der Waals surface area contributed by atoms with E-state index in [4.69, 9.17) is 0 Å². The van der Waals surface area contributed by atoms with Crippen LogP contribution in [0.5, 0.6) is 0 Å². The summed E-state index contributed by atoms with van der Waals surface area (Å²) in [7, 11) is 1.75. The van der Waals surface area contributed by atoms with Gasteiger partial charge in [0.15, 0.2) is 0 Å². The molecule has 1 aliphatic heterocycles. The van der Waals surface area contributed by atoms with Crippen LogP contribution in [0.2, 0.25) is 0 Å². The number of hydrogen-bond donors (Lipinski definition) is 1. The molecular weight excluding hydrogens is 334 g/mol. The first kappa shape index (κ1) is 13.8. The maximum Gasteiger partial charge on any atom is 0.257 e. The van der Waals surface area contributed by atoms with Crippen LogP contribution < -0.4 is 10.2 Å². The Balaban J connectivity index is 1.82. The predicted octanol–water partition coefficient (Wildman–Crippen LogP) is 2.62. The molecule has 5 nitrogen and oxygen atoms in total. The van der Waals surface area contributed by atoms with Gasteiger partial charge in [0, 0.05) is 35.3 Å². The Morgan fingerprint density at radius 3 is 2.90 bits per heavy atom. The molecule has 2 aromatic rings. The highest BCUT2D eigenvalue weighted by Crippen LogP contribution is 2.30. The van der Waals surface area contributed by atoms with Crippen molar-refractivity contribution in [2.45, 2.75) is 6.42 Å². The lowest BCUT2D eigenvalue weighted by atomic mass is 10.1. The summed E-state index contributed by atoms with van der Waals surface area (Å²) in [5.74, 6) is -0.175. The number of nitrogens with one attached hydrogen (secondary N) is 1. The minimum Gasteiger partial charge on any atom is -0.322 e. The summed E-state index contributed by atoms with van der Waals surface area (Å²) in [6, 6.07) is 7.17. The Kier molecular flexibility index (Phi) is 3.47. The third-order valence-corrected chi connectivity index (χ3v) is 3.82. The predicted molar refractivity (Wildman–Crippen MR) is 83.4 cm³/mol. The fourth-order valence-electron chi connectivity index (χ4n) is 2.29. The van der Waals surface area contributed by atoms with Gasteiger partial charge in [0.05, 0.1) is 12.0 Å². The highest BCUT2D eigenvalue weighted by Gasteiger charge is 2.24. The molecule has 0 fully saturated rings. The lowest BCUT2D eigenvalue weighted by Gasteiger charge is -2.11. The number of benzene rings is 1. The number of carbonyl (C=O) groups is 2. The Hall–Kier alpha value is -2.21. The molecule has 0 atom stereocenters. The molecule has 0 saturated heterocycles. The van der Waals surface area contributed by atoms with Gasteiger partial charge in [-0.1, -0.05) is 0 Å². The van der Waals surface area contributed by atoms with Crippen LogP contribution in [-0.2, 0) is 11.2 Å². The minimum absolute atomic E-state index is 0.0599. The first-order chi connectivity index (χ1) is 10.0. The summed E-state index contributed by atoms with van der Waals surface area (Å²) in [6.07, 6.45) is 3.49. The molecule has 3 rings (SSSR count). The van der Waals surface area contributed by atoms with Crippen molar-refractivity contribution in [1.29, 1.82) is 0 Å². The number of pyridine rings is 1. The van der Waals surface area contributed by atoms with Gasteiger partial charge in [0.1, 0.15) is 0 Å². The lowest BCUT2D eigenvalue weighted by molar-refractivity contribution is -0.117. The summed E-state index contributed by atoms with van der Waals surface area (Å²) < 4.78 is 0.747. The number of carbonyl (C=O) groups excluding carboxylic acids is 2. The monoisotopic (exact) mass is 345 g/mol. The van der Waals surface area contributed by atoms with E-state index < -0.39 is 0 Å². The smallest absolute Gasteiger partial charge is 0.257 e. The number of likely N-dealkylation sites (N-methyl/N-ethyl adjacent to an activating group) is 1. The number of hydrogen-bond acceptors (Lipinski definition) is 3. The van der Waals surface area contributed by atoms with E-state index >= 15 is 0 Å². The van der Waals surface area contributed by atoms with E-state index in [1.54, 1.807) is 30.3 Å². The van der Waals surface area contributed by atoms with Gasteiger partial charge in [-0.2, -0.15) is 0 Å². The van der Waals surface area contributed by atoms with E-state index in [9.17, 15) is 9.59 Å². The van der Waals surface area contributed by atoms with E-state index in [-0.39, 0.29) is 11.8 Å². The van der Waals surface area contributed by atoms with Gasteiger partial charge in [-0.05, 0) is 45.8 Å². The third-order valence-electron chi connectivity index (χ3n) is 3.38. The molecule has 2 amide bonds. The highest BCUT2D eigenvalue weighted by molar-refractivity contribution is 9.10.